The zero-order valence-corrected chi connectivity index (χ0v) is 15.1. The largest absolute Gasteiger partial charge is 0.388 e. The van der Waals surface area contributed by atoms with Gasteiger partial charge in [0.15, 0.2) is 5.76 Å². The Hall–Kier alpha value is -2.48. The fourth-order valence-electron chi connectivity index (χ4n) is 2.78. The Kier molecular flexibility index (Phi) is 5.51. The number of hydrogen-bond acceptors (Lipinski definition) is 5. The van der Waals surface area contributed by atoms with E-state index in [0.717, 1.165) is 5.56 Å². The highest BCUT2D eigenvalue weighted by Gasteiger charge is 2.24. The number of rotatable bonds is 7. The van der Waals surface area contributed by atoms with Crippen LogP contribution in [-0.4, -0.2) is 24.7 Å². The minimum Gasteiger partial charge on any atom is -0.388 e. The second-order valence-electron chi connectivity index (χ2n) is 6.06. The van der Waals surface area contributed by atoms with Gasteiger partial charge in [0.05, 0.1) is 17.2 Å². The van der Waals surface area contributed by atoms with E-state index >= 15 is 0 Å². The summed E-state index contributed by atoms with van der Waals surface area (Å²) in [6, 6.07) is 16.9. The molecule has 0 aliphatic heterocycles. The zero-order valence-electron chi connectivity index (χ0n) is 14.2. The van der Waals surface area contributed by atoms with Crippen LogP contribution in [0.3, 0.4) is 0 Å². The molecule has 0 amide bonds. The zero-order chi connectivity index (χ0) is 18.6. The summed E-state index contributed by atoms with van der Waals surface area (Å²) >= 11 is 0. The molecule has 0 spiro atoms. The molecule has 0 saturated carbocycles. The van der Waals surface area contributed by atoms with E-state index in [0.29, 0.717) is 11.3 Å². The molecule has 136 valence electrons. The molecule has 26 heavy (non-hydrogen) atoms. The minimum atomic E-state index is -3.79. The monoisotopic (exact) mass is 372 g/mol. The van der Waals surface area contributed by atoms with Gasteiger partial charge in [0.1, 0.15) is 0 Å². The van der Waals surface area contributed by atoms with Gasteiger partial charge in [0, 0.05) is 17.7 Å². The molecule has 6 nitrogen and oxygen atoms in total. The van der Waals surface area contributed by atoms with Gasteiger partial charge in [-0.3, -0.25) is 0 Å². The lowest BCUT2D eigenvalue weighted by Gasteiger charge is -2.19. The molecule has 0 fully saturated rings. The summed E-state index contributed by atoms with van der Waals surface area (Å²) in [6.45, 7) is 1.72. The molecule has 0 aliphatic carbocycles. The van der Waals surface area contributed by atoms with Gasteiger partial charge in [-0.05, 0) is 31.0 Å². The average Bonchev–Trinajstić information content (AvgIpc) is 3.16. The van der Waals surface area contributed by atoms with E-state index in [4.69, 9.17) is 4.52 Å². The molecular formula is C19H20N2O4S. The number of nitrogens with one attached hydrogen (secondary N) is 1. The van der Waals surface area contributed by atoms with Crippen LogP contribution >= 0.6 is 0 Å². The van der Waals surface area contributed by atoms with Crippen LogP contribution in [0.25, 0.3) is 11.3 Å². The van der Waals surface area contributed by atoms with Crippen LogP contribution in [0.15, 0.2) is 76.3 Å². The number of benzene rings is 2. The maximum Gasteiger partial charge on any atom is 0.241 e. The molecule has 1 heterocycles. The number of aliphatic hydroxyl groups is 1. The highest BCUT2D eigenvalue weighted by molar-refractivity contribution is 7.89. The van der Waals surface area contributed by atoms with Crippen molar-refractivity contribution in [2.75, 3.05) is 0 Å². The molecular weight excluding hydrogens is 352 g/mol. The lowest BCUT2D eigenvalue weighted by molar-refractivity contribution is 0.158. The molecule has 0 bridgehead atoms. The standard InChI is InChI=1S/C19H20N2O4S/c1-14(13-17(22)15-7-3-2-4-8-15)21-26(23,24)19-10-6-5-9-16(19)18-11-12-20-25-18/h2-12,14,17,21-22H,13H2,1H3/t14-,17+/m1/s1. The fourth-order valence-corrected chi connectivity index (χ4v) is 4.25. The maximum absolute atomic E-state index is 12.8. The summed E-state index contributed by atoms with van der Waals surface area (Å²) in [5.74, 6) is 0.378. The van der Waals surface area contributed by atoms with Crippen molar-refractivity contribution in [3.8, 4) is 11.3 Å². The maximum atomic E-state index is 12.8. The van der Waals surface area contributed by atoms with E-state index in [1.165, 1.54) is 12.3 Å². The summed E-state index contributed by atoms with van der Waals surface area (Å²) in [4.78, 5) is 0.109. The quantitative estimate of drug-likeness (QED) is 0.665. The van der Waals surface area contributed by atoms with E-state index in [-0.39, 0.29) is 11.3 Å². The molecule has 1 aromatic heterocycles. The minimum absolute atomic E-state index is 0.109. The predicted octanol–water partition coefficient (Wildman–Crippen LogP) is 3.13. The summed E-state index contributed by atoms with van der Waals surface area (Å²) < 4.78 is 33.4. The second-order valence-corrected chi connectivity index (χ2v) is 7.74. The molecule has 2 aromatic carbocycles. The Bertz CT molecular complexity index is 941. The first kappa shape index (κ1) is 18.3. The molecule has 2 atom stereocenters. The van der Waals surface area contributed by atoms with Crippen molar-refractivity contribution >= 4 is 10.0 Å². The van der Waals surface area contributed by atoms with E-state index in [1.807, 2.05) is 30.3 Å². The van der Waals surface area contributed by atoms with E-state index < -0.39 is 22.2 Å². The molecule has 0 radical (unpaired) electrons. The van der Waals surface area contributed by atoms with Crippen molar-refractivity contribution in [3.63, 3.8) is 0 Å². The highest BCUT2D eigenvalue weighted by Crippen LogP contribution is 2.27. The van der Waals surface area contributed by atoms with Crippen molar-refractivity contribution in [1.82, 2.24) is 9.88 Å². The summed E-state index contributed by atoms with van der Waals surface area (Å²) in [5.41, 5.74) is 1.19. The Labute approximate surface area is 152 Å². The van der Waals surface area contributed by atoms with Gasteiger partial charge in [-0.25, -0.2) is 13.1 Å². The molecule has 0 saturated heterocycles. The van der Waals surface area contributed by atoms with E-state index in [2.05, 4.69) is 9.88 Å². The molecule has 3 aromatic rings. The topological polar surface area (TPSA) is 92.4 Å². The van der Waals surface area contributed by atoms with Crippen molar-refractivity contribution < 1.29 is 18.0 Å². The number of nitrogens with zero attached hydrogens (tertiary/aromatic N) is 1. The van der Waals surface area contributed by atoms with Gasteiger partial charge < -0.3 is 9.63 Å². The smallest absolute Gasteiger partial charge is 0.241 e. The number of sulfonamides is 1. The summed E-state index contributed by atoms with van der Waals surface area (Å²) in [7, 11) is -3.79. The first-order chi connectivity index (χ1) is 12.5. The van der Waals surface area contributed by atoms with Gasteiger partial charge in [0.25, 0.3) is 0 Å². The summed E-state index contributed by atoms with van der Waals surface area (Å²) in [5, 5.41) is 13.9. The Morgan fingerprint density at radius 1 is 1.08 bits per heavy atom. The third-order valence-corrected chi connectivity index (χ3v) is 5.65. The fraction of sp³-hybridized carbons (Fsp3) is 0.211. The lowest BCUT2D eigenvalue weighted by atomic mass is 10.0. The van der Waals surface area contributed by atoms with Gasteiger partial charge in [-0.15, -0.1) is 0 Å². The molecule has 0 aliphatic rings. The number of hydrogen-bond donors (Lipinski definition) is 2. The lowest BCUT2D eigenvalue weighted by Crippen LogP contribution is -2.34. The summed E-state index contributed by atoms with van der Waals surface area (Å²) in [6.07, 6.45) is 0.969. The Balaban J connectivity index is 1.77. The predicted molar refractivity (Wildman–Crippen MR) is 97.7 cm³/mol. The van der Waals surface area contributed by atoms with Crippen molar-refractivity contribution in [1.29, 1.82) is 0 Å². The number of aliphatic hydroxyl groups excluding tert-OH is 1. The Morgan fingerprint density at radius 3 is 2.46 bits per heavy atom. The molecule has 2 N–H and O–H groups in total. The van der Waals surface area contributed by atoms with Crippen LogP contribution in [0.5, 0.6) is 0 Å². The highest BCUT2D eigenvalue weighted by atomic mass is 32.2. The second kappa shape index (κ2) is 7.82. The average molecular weight is 372 g/mol. The van der Waals surface area contributed by atoms with Crippen LogP contribution < -0.4 is 4.72 Å². The number of aromatic nitrogens is 1. The SMILES string of the molecule is C[C@H](C[C@H](O)c1ccccc1)NS(=O)(=O)c1ccccc1-c1ccno1. The van der Waals surface area contributed by atoms with Crippen molar-refractivity contribution in [3.05, 3.63) is 72.4 Å². The normalized spacial score (nSPS) is 14.1. The third kappa shape index (κ3) is 4.19. The van der Waals surface area contributed by atoms with Crippen LogP contribution in [0.4, 0.5) is 0 Å². The van der Waals surface area contributed by atoms with Gasteiger partial charge in [-0.1, -0.05) is 47.6 Å². The van der Waals surface area contributed by atoms with Gasteiger partial charge in [-0.2, -0.15) is 0 Å². The van der Waals surface area contributed by atoms with Crippen molar-refractivity contribution in [2.24, 2.45) is 0 Å². The van der Waals surface area contributed by atoms with Crippen LogP contribution in [-0.2, 0) is 10.0 Å². The van der Waals surface area contributed by atoms with Gasteiger partial charge >= 0.3 is 0 Å². The van der Waals surface area contributed by atoms with Crippen molar-refractivity contribution in [2.45, 2.75) is 30.4 Å². The molecule has 0 unspecified atom stereocenters. The first-order valence-electron chi connectivity index (χ1n) is 8.23. The molecule has 3 rings (SSSR count). The third-order valence-electron chi connectivity index (χ3n) is 4.00. The van der Waals surface area contributed by atoms with Gasteiger partial charge in [0.2, 0.25) is 10.0 Å². The van der Waals surface area contributed by atoms with Crippen LogP contribution in [0.1, 0.15) is 25.0 Å². The van der Waals surface area contributed by atoms with E-state index in [9.17, 15) is 13.5 Å². The Morgan fingerprint density at radius 2 is 1.77 bits per heavy atom. The first-order valence-corrected chi connectivity index (χ1v) is 9.71. The van der Waals surface area contributed by atoms with Crippen LogP contribution in [0, 0.1) is 0 Å². The molecule has 7 heteroatoms. The van der Waals surface area contributed by atoms with Crippen LogP contribution in [0.2, 0.25) is 0 Å². The van der Waals surface area contributed by atoms with E-state index in [1.54, 1.807) is 31.2 Å².